The molecule has 0 bridgehead atoms. The lowest BCUT2D eigenvalue weighted by Crippen LogP contribution is -2.05. The van der Waals surface area contributed by atoms with Crippen LogP contribution in [-0.2, 0) is 6.42 Å². The first-order valence-electron chi connectivity index (χ1n) is 4.86. The second-order valence-corrected chi connectivity index (χ2v) is 3.30. The predicted molar refractivity (Wildman–Crippen MR) is 57.5 cm³/mol. The van der Waals surface area contributed by atoms with Crippen molar-refractivity contribution in [3.05, 3.63) is 41.7 Å². The summed E-state index contributed by atoms with van der Waals surface area (Å²) in [6, 6.07) is 4.41. The van der Waals surface area contributed by atoms with Crippen LogP contribution in [0.5, 0.6) is 5.75 Å². The van der Waals surface area contributed by atoms with Crippen molar-refractivity contribution < 1.29 is 14.2 Å². The molecule has 82 valence electrons. The average molecular weight is 210 g/mol. The normalized spacial score (nSPS) is 10.1. The van der Waals surface area contributed by atoms with Crippen LogP contribution in [0.2, 0.25) is 0 Å². The molecule has 1 rings (SSSR count). The highest BCUT2D eigenvalue weighted by Crippen LogP contribution is 2.20. The van der Waals surface area contributed by atoms with Gasteiger partial charge in [0, 0.05) is 0 Å². The molecule has 2 nitrogen and oxygen atoms in total. The van der Waals surface area contributed by atoms with Crippen molar-refractivity contribution in [2.24, 2.45) is 0 Å². The molecule has 0 aliphatic heterocycles. The van der Waals surface area contributed by atoms with Crippen molar-refractivity contribution in [3.8, 4) is 5.75 Å². The van der Waals surface area contributed by atoms with Crippen LogP contribution in [0.4, 0.5) is 4.39 Å². The van der Waals surface area contributed by atoms with Gasteiger partial charge in [-0.25, -0.2) is 4.39 Å². The zero-order valence-electron chi connectivity index (χ0n) is 8.79. The molecule has 0 aromatic heterocycles. The summed E-state index contributed by atoms with van der Waals surface area (Å²) in [5, 5.41) is 8.74. The van der Waals surface area contributed by atoms with E-state index in [1.54, 1.807) is 6.07 Å². The standard InChI is InChI=1S/C12H15FO2/c1-3-10-6-11(13)4-5-12(10)15-8-9(2)7-14/h4-6,14H,2-3,7-8H2,1H3. The van der Waals surface area contributed by atoms with Crippen LogP contribution < -0.4 is 4.74 Å². The number of rotatable bonds is 5. The number of hydrogen-bond donors (Lipinski definition) is 1. The first-order valence-corrected chi connectivity index (χ1v) is 4.86. The van der Waals surface area contributed by atoms with Crippen molar-refractivity contribution in [2.75, 3.05) is 13.2 Å². The van der Waals surface area contributed by atoms with E-state index < -0.39 is 0 Å². The maximum Gasteiger partial charge on any atom is 0.123 e. The third-order valence-corrected chi connectivity index (χ3v) is 2.06. The highest BCUT2D eigenvalue weighted by atomic mass is 19.1. The number of benzene rings is 1. The molecule has 0 saturated heterocycles. The molecular formula is C12H15FO2. The Morgan fingerprint density at radius 3 is 2.87 bits per heavy atom. The lowest BCUT2D eigenvalue weighted by molar-refractivity contribution is 0.287. The van der Waals surface area contributed by atoms with Crippen molar-refractivity contribution in [2.45, 2.75) is 13.3 Å². The smallest absolute Gasteiger partial charge is 0.123 e. The summed E-state index contributed by atoms with van der Waals surface area (Å²) in [5.74, 6) is 0.383. The molecule has 0 fully saturated rings. The number of aliphatic hydroxyl groups excluding tert-OH is 1. The topological polar surface area (TPSA) is 29.5 Å². The number of aliphatic hydroxyl groups is 1. The Hall–Kier alpha value is -1.35. The summed E-state index contributed by atoms with van der Waals surface area (Å²) < 4.78 is 18.3. The van der Waals surface area contributed by atoms with Gasteiger partial charge in [0.05, 0.1) is 6.61 Å². The second-order valence-electron chi connectivity index (χ2n) is 3.30. The minimum Gasteiger partial charge on any atom is -0.489 e. The highest BCUT2D eigenvalue weighted by Gasteiger charge is 2.04. The fourth-order valence-electron chi connectivity index (χ4n) is 1.19. The maximum atomic E-state index is 12.9. The fourth-order valence-corrected chi connectivity index (χ4v) is 1.19. The quantitative estimate of drug-likeness (QED) is 0.756. The minimum atomic E-state index is -0.264. The molecule has 0 saturated carbocycles. The molecule has 0 aliphatic rings. The molecule has 0 atom stereocenters. The van der Waals surface area contributed by atoms with Gasteiger partial charge in [0.2, 0.25) is 0 Å². The maximum absolute atomic E-state index is 12.9. The summed E-state index contributed by atoms with van der Waals surface area (Å²) in [6.45, 7) is 5.71. The predicted octanol–water partition coefficient (Wildman–Crippen LogP) is 2.32. The van der Waals surface area contributed by atoms with E-state index in [2.05, 4.69) is 6.58 Å². The molecule has 1 N–H and O–H groups in total. The van der Waals surface area contributed by atoms with E-state index in [9.17, 15) is 4.39 Å². The Bertz CT molecular complexity index is 347. The van der Waals surface area contributed by atoms with E-state index in [1.165, 1.54) is 12.1 Å². The van der Waals surface area contributed by atoms with E-state index >= 15 is 0 Å². The lowest BCUT2D eigenvalue weighted by atomic mass is 10.1. The molecule has 0 spiro atoms. The third-order valence-electron chi connectivity index (χ3n) is 2.06. The number of hydrogen-bond acceptors (Lipinski definition) is 2. The first-order chi connectivity index (χ1) is 7.17. The minimum absolute atomic E-state index is 0.0946. The highest BCUT2D eigenvalue weighted by molar-refractivity contribution is 5.34. The molecule has 0 unspecified atom stereocenters. The van der Waals surface area contributed by atoms with Crippen molar-refractivity contribution in [3.63, 3.8) is 0 Å². The molecule has 1 aromatic carbocycles. The van der Waals surface area contributed by atoms with Gasteiger partial charge in [-0.15, -0.1) is 0 Å². The van der Waals surface area contributed by atoms with Gasteiger partial charge in [-0.1, -0.05) is 13.5 Å². The number of ether oxygens (including phenoxy) is 1. The van der Waals surface area contributed by atoms with Crippen LogP contribution in [0.3, 0.4) is 0 Å². The third kappa shape index (κ3) is 3.36. The van der Waals surface area contributed by atoms with E-state index in [1.807, 2.05) is 6.92 Å². The lowest BCUT2D eigenvalue weighted by Gasteiger charge is -2.10. The van der Waals surface area contributed by atoms with Crippen molar-refractivity contribution in [1.29, 1.82) is 0 Å². The molecule has 0 heterocycles. The van der Waals surface area contributed by atoms with Gasteiger partial charge in [-0.05, 0) is 35.8 Å². The Labute approximate surface area is 89.0 Å². The summed E-state index contributed by atoms with van der Waals surface area (Å²) in [7, 11) is 0. The van der Waals surface area contributed by atoms with E-state index in [0.29, 0.717) is 17.7 Å². The number of halogens is 1. The van der Waals surface area contributed by atoms with E-state index in [0.717, 1.165) is 5.56 Å². The van der Waals surface area contributed by atoms with E-state index in [-0.39, 0.29) is 19.0 Å². The average Bonchev–Trinajstić information content (AvgIpc) is 2.26. The zero-order valence-corrected chi connectivity index (χ0v) is 8.79. The van der Waals surface area contributed by atoms with Gasteiger partial charge in [0.15, 0.2) is 0 Å². The fraction of sp³-hybridized carbons (Fsp3) is 0.333. The van der Waals surface area contributed by atoms with Crippen LogP contribution in [0.25, 0.3) is 0 Å². The Morgan fingerprint density at radius 2 is 2.27 bits per heavy atom. The zero-order chi connectivity index (χ0) is 11.3. The Kier molecular flexibility index (Phi) is 4.31. The van der Waals surface area contributed by atoms with Crippen LogP contribution in [0.15, 0.2) is 30.4 Å². The molecule has 1 aromatic rings. The SMILES string of the molecule is C=C(CO)COc1ccc(F)cc1CC. The van der Waals surface area contributed by atoms with Gasteiger partial charge in [-0.2, -0.15) is 0 Å². The Balaban J connectivity index is 2.72. The molecule has 0 radical (unpaired) electrons. The number of aryl methyl sites for hydroxylation is 1. The monoisotopic (exact) mass is 210 g/mol. The summed E-state index contributed by atoms with van der Waals surface area (Å²) in [6.07, 6.45) is 0.707. The molecule has 0 aliphatic carbocycles. The van der Waals surface area contributed by atoms with E-state index in [4.69, 9.17) is 9.84 Å². The van der Waals surface area contributed by atoms with Gasteiger partial charge in [-0.3, -0.25) is 0 Å². The molecule has 3 heteroatoms. The summed E-state index contributed by atoms with van der Waals surface area (Å²) in [5.41, 5.74) is 1.42. The van der Waals surface area contributed by atoms with Crippen LogP contribution in [0, 0.1) is 5.82 Å². The van der Waals surface area contributed by atoms with Crippen LogP contribution >= 0.6 is 0 Å². The molecule has 15 heavy (non-hydrogen) atoms. The van der Waals surface area contributed by atoms with Gasteiger partial charge < -0.3 is 9.84 Å². The van der Waals surface area contributed by atoms with Crippen LogP contribution in [-0.4, -0.2) is 18.3 Å². The van der Waals surface area contributed by atoms with Gasteiger partial charge in [0.25, 0.3) is 0 Å². The van der Waals surface area contributed by atoms with Gasteiger partial charge >= 0.3 is 0 Å². The van der Waals surface area contributed by atoms with Crippen molar-refractivity contribution in [1.82, 2.24) is 0 Å². The molecule has 0 amide bonds. The summed E-state index contributed by atoms with van der Waals surface area (Å²) >= 11 is 0. The first kappa shape index (κ1) is 11.7. The second kappa shape index (κ2) is 5.51. The van der Waals surface area contributed by atoms with Gasteiger partial charge in [0.1, 0.15) is 18.2 Å². The molecular weight excluding hydrogens is 195 g/mol. The largest absolute Gasteiger partial charge is 0.489 e. The Morgan fingerprint density at radius 1 is 1.53 bits per heavy atom. The van der Waals surface area contributed by atoms with Crippen molar-refractivity contribution >= 4 is 0 Å². The summed E-state index contributed by atoms with van der Waals surface area (Å²) in [4.78, 5) is 0. The van der Waals surface area contributed by atoms with Crippen LogP contribution in [0.1, 0.15) is 12.5 Å².